The molecule has 1 aromatic carbocycles. The van der Waals surface area contributed by atoms with E-state index < -0.39 is 0 Å². The fraction of sp³-hybridized carbons (Fsp3) is 0.625. The number of piperazine rings is 1. The molecule has 0 saturated carbocycles. The Morgan fingerprint density at radius 2 is 1.89 bits per heavy atom. The maximum Gasteiger partial charge on any atom is 0.0351 e. The number of benzene rings is 1. The molecule has 0 aliphatic carbocycles. The second-order valence-electron chi connectivity index (χ2n) is 5.92. The van der Waals surface area contributed by atoms with Gasteiger partial charge in [0.1, 0.15) is 0 Å². The summed E-state index contributed by atoms with van der Waals surface area (Å²) in [7, 11) is 4.28. The third-order valence-electron chi connectivity index (χ3n) is 4.21. The second kappa shape index (κ2) is 6.51. The monoisotopic (exact) mass is 261 g/mol. The molecule has 0 radical (unpaired) electrons. The summed E-state index contributed by atoms with van der Waals surface area (Å²) in [5.41, 5.74) is 2.76. The van der Waals surface area contributed by atoms with Crippen molar-refractivity contribution in [1.82, 2.24) is 15.1 Å². The number of nitrogens with zero attached hydrogens (tertiary/aromatic N) is 2. The van der Waals surface area contributed by atoms with Gasteiger partial charge in [-0.15, -0.1) is 0 Å². The normalized spacial score (nSPS) is 25.7. The molecule has 1 heterocycles. The number of hydrogen-bond acceptors (Lipinski definition) is 3. The highest BCUT2D eigenvalue weighted by Gasteiger charge is 2.28. The van der Waals surface area contributed by atoms with Crippen LogP contribution in [0.2, 0.25) is 0 Å². The number of hydrogen-bond donors (Lipinski definition) is 1. The van der Waals surface area contributed by atoms with E-state index in [2.05, 4.69) is 60.3 Å². The summed E-state index contributed by atoms with van der Waals surface area (Å²) in [6, 6.07) is 10.2. The summed E-state index contributed by atoms with van der Waals surface area (Å²) < 4.78 is 0. The molecule has 0 bridgehead atoms. The third-order valence-corrected chi connectivity index (χ3v) is 4.21. The van der Waals surface area contributed by atoms with Crippen LogP contribution in [0, 0.1) is 6.92 Å². The van der Waals surface area contributed by atoms with Gasteiger partial charge in [-0.2, -0.15) is 0 Å². The molecule has 0 spiro atoms. The molecule has 2 rings (SSSR count). The summed E-state index contributed by atoms with van der Waals surface area (Å²) in [6.07, 6.45) is 0. The van der Waals surface area contributed by atoms with Crippen LogP contribution < -0.4 is 5.32 Å². The Balaban J connectivity index is 2.04. The minimum Gasteiger partial charge on any atom is -0.318 e. The Morgan fingerprint density at radius 1 is 1.21 bits per heavy atom. The summed E-state index contributed by atoms with van der Waals surface area (Å²) in [6.45, 7) is 8.88. The van der Waals surface area contributed by atoms with Crippen LogP contribution >= 0.6 is 0 Å². The van der Waals surface area contributed by atoms with Crippen LogP contribution in [-0.2, 0) is 6.54 Å². The van der Waals surface area contributed by atoms with Crippen molar-refractivity contribution in [3.8, 4) is 0 Å². The molecule has 19 heavy (non-hydrogen) atoms. The smallest absolute Gasteiger partial charge is 0.0351 e. The zero-order valence-corrected chi connectivity index (χ0v) is 12.7. The quantitative estimate of drug-likeness (QED) is 0.890. The number of likely N-dealkylation sites (N-methyl/N-ethyl adjacent to an activating group) is 2. The Labute approximate surface area is 117 Å². The molecule has 1 saturated heterocycles. The lowest BCUT2D eigenvalue weighted by molar-refractivity contribution is 0.0468. The Morgan fingerprint density at radius 3 is 2.53 bits per heavy atom. The van der Waals surface area contributed by atoms with E-state index in [1.807, 2.05) is 7.05 Å². The van der Waals surface area contributed by atoms with Crippen molar-refractivity contribution >= 4 is 0 Å². The van der Waals surface area contributed by atoms with E-state index in [0.29, 0.717) is 12.1 Å². The van der Waals surface area contributed by atoms with Crippen molar-refractivity contribution in [3.63, 3.8) is 0 Å². The van der Waals surface area contributed by atoms with Crippen molar-refractivity contribution in [2.45, 2.75) is 32.5 Å². The molecule has 1 aliphatic heterocycles. The first-order valence-electron chi connectivity index (χ1n) is 7.24. The predicted molar refractivity (Wildman–Crippen MR) is 81.4 cm³/mol. The lowest BCUT2D eigenvalue weighted by Gasteiger charge is -2.44. The Bertz CT molecular complexity index is 387. The molecule has 106 valence electrons. The van der Waals surface area contributed by atoms with Crippen LogP contribution in [0.15, 0.2) is 24.3 Å². The average molecular weight is 261 g/mol. The predicted octanol–water partition coefficient (Wildman–Crippen LogP) is 1.72. The van der Waals surface area contributed by atoms with Crippen molar-refractivity contribution in [3.05, 3.63) is 35.4 Å². The minimum atomic E-state index is 0.604. The molecule has 1 aliphatic rings. The van der Waals surface area contributed by atoms with Gasteiger partial charge in [0.25, 0.3) is 0 Å². The van der Waals surface area contributed by atoms with E-state index in [9.17, 15) is 0 Å². The standard InChI is InChI=1S/C16H27N3/c1-13-5-7-15(8-6-13)11-19-10-14(2)18(4)12-16(19)9-17-3/h5-8,14,16-17H,9-12H2,1-4H3. The van der Waals surface area contributed by atoms with Gasteiger partial charge >= 0.3 is 0 Å². The second-order valence-corrected chi connectivity index (χ2v) is 5.92. The van der Waals surface area contributed by atoms with E-state index in [1.165, 1.54) is 11.1 Å². The largest absolute Gasteiger partial charge is 0.318 e. The zero-order chi connectivity index (χ0) is 13.8. The van der Waals surface area contributed by atoms with E-state index in [-0.39, 0.29) is 0 Å². The van der Waals surface area contributed by atoms with Crippen molar-refractivity contribution in [2.24, 2.45) is 0 Å². The van der Waals surface area contributed by atoms with Crippen molar-refractivity contribution < 1.29 is 0 Å². The number of nitrogens with one attached hydrogen (secondary N) is 1. The van der Waals surface area contributed by atoms with E-state index >= 15 is 0 Å². The molecule has 1 N–H and O–H groups in total. The van der Waals surface area contributed by atoms with Crippen LogP contribution in [0.25, 0.3) is 0 Å². The molecule has 3 nitrogen and oxygen atoms in total. The van der Waals surface area contributed by atoms with Gasteiger partial charge in [-0.1, -0.05) is 29.8 Å². The molecule has 3 heteroatoms. The molecule has 1 aromatic rings. The zero-order valence-electron chi connectivity index (χ0n) is 12.7. The van der Waals surface area contributed by atoms with Gasteiger partial charge in [0.15, 0.2) is 0 Å². The highest BCUT2D eigenvalue weighted by molar-refractivity contribution is 5.21. The first-order valence-corrected chi connectivity index (χ1v) is 7.24. The minimum absolute atomic E-state index is 0.604. The Kier molecular flexibility index (Phi) is 4.97. The molecule has 1 fully saturated rings. The van der Waals surface area contributed by atoms with E-state index in [0.717, 1.165) is 26.2 Å². The summed E-state index contributed by atoms with van der Waals surface area (Å²) in [5, 5.41) is 3.33. The fourth-order valence-electron chi connectivity index (χ4n) is 2.81. The summed E-state index contributed by atoms with van der Waals surface area (Å²) in [4.78, 5) is 5.08. The number of aryl methyl sites for hydroxylation is 1. The van der Waals surface area contributed by atoms with Gasteiger partial charge in [-0.05, 0) is 33.5 Å². The van der Waals surface area contributed by atoms with Gasteiger partial charge < -0.3 is 10.2 Å². The topological polar surface area (TPSA) is 18.5 Å². The molecule has 0 aromatic heterocycles. The molecular formula is C16H27N3. The van der Waals surface area contributed by atoms with Crippen molar-refractivity contribution in [1.29, 1.82) is 0 Å². The van der Waals surface area contributed by atoms with Gasteiger partial charge in [-0.25, -0.2) is 0 Å². The van der Waals surface area contributed by atoms with Crippen LogP contribution in [0.1, 0.15) is 18.1 Å². The van der Waals surface area contributed by atoms with E-state index in [4.69, 9.17) is 0 Å². The van der Waals surface area contributed by atoms with Gasteiger partial charge in [0, 0.05) is 38.3 Å². The SMILES string of the molecule is CNCC1CN(C)C(C)CN1Cc1ccc(C)cc1. The Hall–Kier alpha value is -0.900. The lowest BCUT2D eigenvalue weighted by atomic mass is 10.1. The first kappa shape index (κ1) is 14.5. The molecular weight excluding hydrogens is 234 g/mol. The maximum absolute atomic E-state index is 3.33. The molecule has 2 unspecified atom stereocenters. The summed E-state index contributed by atoms with van der Waals surface area (Å²) in [5.74, 6) is 0. The summed E-state index contributed by atoms with van der Waals surface area (Å²) >= 11 is 0. The number of rotatable bonds is 4. The lowest BCUT2D eigenvalue weighted by Crippen LogP contribution is -2.58. The van der Waals surface area contributed by atoms with Crippen LogP contribution in [0.5, 0.6) is 0 Å². The maximum atomic E-state index is 3.33. The average Bonchev–Trinajstić information content (AvgIpc) is 2.38. The molecule has 0 amide bonds. The van der Waals surface area contributed by atoms with Gasteiger partial charge in [0.2, 0.25) is 0 Å². The van der Waals surface area contributed by atoms with Crippen LogP contribution in [0.4, 0.5) is 0 Å². The third kappa shape index (κ3) is 3.78. The van der Waals surface area contributed by atoms with Crippen molar-refractivity contribution in [2.75, 3.05) is 33.7 Å². The highest BCUT2D eigenvalue weighted by Crippen LogP contribution is 2.17. The fourth-order valence-corrected chi connectivity index (χ4v) is 2.81. The van der Waals surface area contributed by atoms with Crippen LogP contribution in [0.3, 0.4) is 0 Å². The highest BCUT2D eigenvalue weighted by atomic mass is 15.3. The van der Waals surface area contributed by atoms with E-state index in [1.54, 1.807) is 0 Å². The van der Waals surface area contributed by atoms with Crippen LogP contribution in [-0.4, -0.2) is 55.6 Å². The van der Waals surface area contributed by atoms with Gasteiger partial charge in [-0.3, -0.25) is 4.90 Å². The first-order chi connectivity index (χ1) is 9.10. The van der Waals surface area contributed by atoms with Gasteiger partial charge in [0.05, 0.1) is 0 Å². The molecule has 2 atom stereocenters.